The third-order valence-corrected chi connectivity index (χ3v) is 5.27. The van der Waals surface area contributed by atoms with Crippen molar-refractivity contribution in [3.8, 4) is 5.75 Å². The Morgan fingerprint density at radius 3 is 2.66 bits per heavy atom. The minimum Gasteiger partial charge on any atom is -0.497 e. The highest BCUT2D eigenvalue weighted by atomic mass is 16.5. The Hall–Kier alpha value is -3.10. The molecule has 2 heterocycles. The number of benzene rings is 1. The number of hydrogen-bond donors (Lipinski definition) is 2. The third-order valence-electron chi connectivity index (χ3n) is 5.27. The van der Waals surface area contributed by atoms with Crippen molar-refractivity contribution < 1.29 is 29.0 Å². The van der Waals surface area contributed by atoms with Crippen molar-refractivity contribution in [2.24, 2.45) is 5.41 Å². The summed E-state index contributed by atoms with van der Waals surface area (Å²) in [5.41, 5.74) is -0.384. The number of nitrogens with zero attached hydrogens (tertiary/aromatic N) is 2. The van der Waals surface area contributed by atoms with Crippen LogP contribution in [0.2, 0.25) is 0 Å². The summed E-state index contributed by atoms with van der Waals surface area (Å²) in [6.45, 7) is 3.74. The molecule has 3 rings (SSSR count). The number of anilines is 1. The van der Waals surface area contributed by atoms with E-state index in [0.717, 1.165) is 4.90 Å². The van der Waals surface area contributed by atoms with E-state index in [9.17, 15) is 19.2 Å². The number of carbonyl (C=O) groups is 4. The van der Waals surface area contributed by atoms with Crippen LogP contribution in [-0.4, -0.2) is 59.6 Å². The molecule has 0 spiro atoms. The summed E-state index contributed by atoms with van der Waals surface area (Å²) in [5.74, 6) is -1.25. The van der Waals surface area contributed by atoms with Crippen LogP contribution in [0.5, 0.6) is 5.75 Å². The molecule has 0 radical (unpaired) electrons. The Morgan fingerprint density at radius 2 is 2.00 bits per heavy atom. The summed E-state index contributed by atoms with van der Waals surface area (Å²) < 4.78 is 5.17. The standard InChI is InChI=1S/C20H25N3O6/c1-20(2,11-16(25)26)10-15(24)22-8-7-14-17(22)18(27)23(19(28)21-14)12-5-4-6-13(9-12)29-3/h4-6,9,14,17H,7-8,10-11H2,1-3H3,(H,21,28)(H,25,26). The maximum absolute atomic E-state index is 13.2. The molecule has 0 bridgehead atoms. The van der Waals surface area contributed by atoms with Crippen LogP contribution in [-0.2, 0) is 14.4 Å². The highest BCUT2D eigenvalue weighted by molar-refractivity contribution is 6.19. The van der Waals surface area contributed by atoms with E-state index in [1.807, 2.05) is 0 Å². The van der Waals surface area contributed by atoms with Crippen molar-refractivity contribution in [3.63, 3.8) is 0 Å². The van der Waals surface area contributed by atoms with Crippen LogP contribution in [0.4, 0.5) is 10.5 Å². The Morgan fingerprint density at radius 1 is 1.28 bits per heavy atom. The maximum atomic E-state index is 13.2. The summed E-state index contributed by atoms with van der Waals surface area (Å²) in [6.07, 6.45) is 0.323. The van der Waals surface area contributed by atoms with Crippen LogP contribution in [0, 0.1) is 5.41 Å². The lowest BCUT2D eigenvalue weighted by atomic mass is 9.85. The first-order valence-electron chi connectivity index (χ1n) is 9.43. The van der Waals surface area contributed by atoms with Crippen LogP contribution < -0.4 is 15.0 Å². The van der Waals surface area contributed by atoms with E-state index < -0.39 is 35.4 Å². The number of carboxylic acids is 1. The summed E-state index contributed by atoms with van der Waals surface area (Å²) in [7, 11) is 1.49. The minimum absolute atomic E-state index is 0.00288. The molecule has 0 aromatic heterocycles. The molecule has 1 aromatic rings. The first kappa shape index (κ1) is 20.6. The molecule has 2 unspecified atom stereocenters. The van der Waals surface area contributed by atoms with Gasteiger partial charge >= 0.3 is 12.0 Å². The van der Waals surface area contributed by atoms with Crippen molar-refractivity contribution >= 4 is 29.5 Å². The van der Waals surface area contributed by atoms with Crippen molar-refractivity contribution in [1.82, 2.24) is 10.2 Å². The fourth-order valence-electron chi connectivity index (χ4n) is 3.96. The Bertz CT molecular complexity index is 852. The third kappa shape index (κ3) is 4.18. The number of ether oxygens (including phenoxy) is 1. The van der Waals surface area contributed by atoms with Gasteiger partial charge in [-0.1, -0.05) is 19.9 Å². The fourth-order valence-corrected chi connectivity index (χ4v) is 3.96. The quantitative estimate of drug-likeness (QED) is 0.745. The molecule has 1 aromatic carbocycles. The highest BCUT2D eigenvalue weighted by Crippen LogP contribution is 2.32. The van der Waals surface area contributed by atoms with Gasteiger partial charge in [0.05, 0.1) is 25.3 Å². The molecular formula is C20H25N3O6. The van der Waals surface area contributed by atoms with Crippen LogP contribution in [0.3, 0.4) is 0 Å². The normalized spacial score (nSPS) is 21.6. The first-order chi connectivity index (χ1) is 13.6. The SMILES string of the molecule is COc1cccc(N2C(=O)NC3CCN(C(=O)CC(C)(C)CC(=O)O)C3C2=O)c1. The fraction of sp³-hybridized carbons (Fsp3) is 0.500. The molecule has 2 atom stereocenters. The lowest BCUT2D eigenvalue weighted by Gasteiger charge is -2.37. The zero-order valence-corrected chi connectivity index (χ0v) is 16.7. The number of imide groups is 1. The molecule has 2 aliphatic rings. The second-order valence-corrected chi connectivity index (χ2v) is 8.16. The lowest BCUT2D eigenvalue weighted by Crippen LogP contribution is -2.65. The average molecular weight is 403 g/mol. The van der Waals surface area contributed by atoms with Crippen molar-refractivity contribution in [1.29, 1.82) is 0 Å². The van der Waals surface area contributed by atoms with Crippen molar-refractivity contribution in [3.05, 3.63) is 24.3 Å². The van der Waals surface area contributed by atoms with Gasteiger partial charge in [-0.15, -0.1) is 0 Å². The van der Waals surface area contributed by atoms with Gasteiger partial charge in [0.25, 0.3) is 5.91 Å². The first-order valence-corrected chi connectivity index (χ1v) is 9.43. The van der Waals surface area contributed by atoms with Crippen LogP contribution in [0.25, 0.3) is 0 Å². The van der Waals surface area contributed by atoms with Gasteiger partial charge in [-0.05, 0) is 24.0 Å². The molecule has 0 aliphatic carbocycles. The van der Waals surface area contributed by atoms with Gasteiger partial charge in [0, 0.05) is 19.0 Å². The molecule has 9 heteroatoms. The summed E-state index contributed by atoms with van der Waals surface area (Å²) >= 11 is 0. The van der Waals surface area contributed by atoms with E-state index in [0.29, 0.717) is 24.4 Å². The zero-order valence-electron chi connectivity index (χ0n) is 16.7. The minimum atomic E-state index is -0.979. The topological polar surface area (TPSA) is 116 Å². The van der Waals surface area contributed by atoms with E-state index in [2.05, 4.69) is 5.32 Å². The van der Waals surface area contributed by atoms with Crippen molar-refractivity contribution in [2.45, 2.75) is 45.2 Å². The van der Waals surface area contributed by atoms with E-state index in [4.69, 9.17) is 9.84 Å². The molecule has 0 saturated carbocycles. The molecule has 9 nitrogen and oxygen atoms in total. The average Bonchev–Trinajstić information content (AvgIpc) is 3.04. The second kappa shape index (κ2) is 7.73. The Labute approximate surface area is 168 Å². The van der Waals surface area contributed by atoms with E-state index in [1.165, 1.54) is 12.0 Å². The summed E-state index contributed by atoms with van der Waals surface area (Å²) in [6, 6.07) is 4.77. The number of fused-ring (bicyclic) bond motifs is 1. The van der Waals surface area contributed by atoms with Gasteiger partial charge < -0.3 is 20.1 Å². The number of aliphatic carboxylic acids is 1. The van der Waals surface area contributed by atoms with Gasteiger partial charge in [0.2, 0.25) is 5.91 Å². The lowest BCUT2D eigenvalue weighted by molar-refractivity contribution is -0.143. The predicted octanol–water partition coefficient (Wildman–Crippen LogP) is 1.61. The smallest absolute Gasteiger partial charge is 0.329 e. The molecule has 156 valence electrons. The monoisotopic (exact) mass is 403 g/mol. The van der Waals surface area contributed by atoms with Gasteiger partial charge in [-0.3, -0.25) is 14.4 Å². The largest absolute Gasteiger partial charge is 0.497 e. The number of methoxy groups -OCH3 is 1. The molecule has 2 fully saturated rings. The van der Waals surface area contributed by atoms with E-state index in [-0.39, 0.29) is 18.7 Å². The Kier molecular flexibility index (Phi) is 5.50. The number of rotatable bonds is 6. The molecular weight excluding hydrogens is 378 g/mol. The number of nitrogens with one attached hydrogen (secondary N) is 1. The van der Waals surface area contributed by atoms with Gasteiger partial charge in [0.15, 0.2) is 0 Å². The molecule has 4 amide bonds. The predicted molar refractivity (Wildman–Crippen MR) is 104 cm³/mol. The zero-order chi connectivity index (χ0) is 21.3. The molecule has 2 aliphatic heterocycles. The van der Waals surface area contributed by atoms with E-state index >= 15 is 0 Å². The molecule has 29 heavy (non-hydrogen) atoms. The number of hydrogen-bond acceptors (Lipinski definition) is 5. The van der Waals surface area contributed by atoms with Crippen LogP contribution in [0.15, 0.2) is 24.3 Å². The van der Waals surface area contributed by atoms with Crippen LogP contribution in [0.1, 0.15) is 33.1 Å². The number of carbonyl (C=O) groups excluding carboxylic acids is 3. The Balaban J connectivity index is 1.83. The summed E-state index contributed by atoms with van der Waals surface area (Å²) in [5, 5.41) is 11.9. The van der Waals surface area contributed by atoms with Gasteiger partial charge in [-0.2, -0.15) is 0 Å². The summed E-state index contributed by atoms with van der Waals surface area (Å²) in [4.78, 5) is 52.2. The van der Waals surface area contributed by atoms with Crippen LogP contribution >= 0.6 is 0 Å². The number of carboxylic acid groups (broad SMARTS) is 1. The van der Waals surface area contributed by atoms with Gasteiger partial charge in [0.1, 0.15) is 11.8 Å². The highest BCUT2D eigenvalue weighted by Gasteiger charge is 2.50. The maximum Gasteiger partial charge on any atom is 0.329 e. The molecule has 2 N–H and O–H groups in total. The van der Waals surface area contributed by atoms with Crippen molar-refractivity contribution in [2.75, 3.05) is 18.6 Å². The number of amides is 4. The second-order valence-electron chi connectivity index (χ2n) is 8.16. The molecule has 2 saturated heterocycles. The van der Waals surface area contributed by atoms with E-state index in [1.54, 1.807) is 38.1 Å². The number of likely N-dealkylation sites (tertiary alicyclic amines) is 1. The van der Waals surface area contributed by atoms with Gasteiger partial charge in [-0.25, -0.2) is 9.69 Å². The number of urea groups is 1.